The van der Waals surface area contributed by atoms with Gasteiger partial charge in [-0.05, 0) is 49.3 Å². The lowest BCUT2D eigenvalue weighted by atomic mass is 9.91. The van der Waals surface area contributed by atoms with Crippen molar-refractivity contribution in [3.63, 3.8) is 0 Å². The lowest BCUT2D eigenvalue weighted by Gasteiger charge is -2.29. The molecule has 0 saturated carbocycles. The van der Waals surface area contributed by atoms with Crippen molar-refractivity contribution >= 4 is 0 Å². The first-order valence-corrected chi connectivity index (χ1v) is 11.5. The van der Waals surface area contributed by atoms with Gasteiger partial charge in [0.2, 0.25) is 0 Å². The highest BCUT2D eigenvalue weighted by Crippen LogP contribution is 2.34. The molecule has 2 aromatic rings. The molecule has 2 unspecified atom stereocenters. The zero-order valence-corrected chi connectivity index (χ0v) is 18.6. The van der Waals surface area contributed by atoms with Crippen molar-refractivity contribution in [2.75, 3.05) is 13.2 Å². The van der Waals surface area contributed by atoms with Crippen molar-refractivity contribution in [1.82, 2.24) is 0 Å². The molecule has 0 N–H and O–H groups in total. The fourth-order valence-corrected chi connectivity index (χ4v) is 4.05. The van der Waals surface area contributed by atoms with Crippen LogP contribution in [-0.4, -0.2) is 19.5 Å². The number of halogens is 3. The summed E-state index contributed by atoms with van der Waals surface area (Å²) in [5.74, 6) is -2.34. The van der Waals surface area contributed by atoms with Crippen molar-refractivity contribution < 1.29 is 22.6 Å². The van der Waals surface area contributed by atoms with Crippen LogP contribution in [0.2, 0.25) is 0 Å². The fourth-order valence-electron chi connectivity index (χ4n) is 4.05. The van der Waals surface area contributed by atoms with E-state index in [9.17, 15) is 13.2 Å². The van der Waals surface area contributed by atoms with Crippen molar-refractivity contribution in [3.8, 4) is 11.1 Å². The second-order valence-corrected chi connectivity index (χ2v) is 8.36. The molecule has 2 nitrogen and oxygen atoms in total. The van der Waals surface area contributed by atoms with Crippen LogP contribution in [0.1, 0.15) is 75.8 Å². The van der Waals surface area contributed by atoms with Crippen LogP contribution in [0.15, 0.2) is 30.3 Å². The van der Waals surface area contributed by atoms with E-state index in [1.54, 1.807) is 18.2 Å². The second-order valence-electron chi connectivity index (χ2n) is 8.36. The molecule has 2 aromatic carbocycles. The van der Waals surface area contributed by atoms with Crippen LogP contribution in [0, 0.1) is 17.5 Å². The molecule has 5 heteroatoms. The van der Waals surface area contributed by atoms with Gasteiger partial charge in [-0.1, -0.05) is 57.4 Å². The van der Waals surface area contributed by atoms with E-state index in [0.717, 1.165) is 50.5 Å². The molecule has 1 aliphatic heterocycles. The van der Waals surface area contributed by atoms with Crippen LogP contribution in [0.3, 0.4) is 0 Å². The number of hydrogen-bond acceptors (Lipinski definition) is 2. The molecule has 0 aliphatic carbocycles. The number of hydrogen-bond donors (Lipinski definition) is 0. The summed E-state index contributed by atoms with van der Waals surface area (Å²) in [7, 11) is 0. The average molecular weight is 435 g/mol. The van der Waals surface area contributed by atoms with Gasteiger partial charge in [0.25, 0.3) is 0 Å². The Balaban J connectivity index is 1.65. The summed E-state index contributed by atoms with van der Waals surface area (Å²) in [6.07, 6.45) is 6.90. The molecule has 31 heavy (non-hydrogen) atoms. The van der Waals surface area contributed by atoms with E-state index in [2.05, 4.69) is 6.92 Å². The first-order chi connectivity index (χ1) is 15.0. The molecular formula is C26H33F3O2. The third-order valence-electron chi connectivity index (χ3n) is 6.00. The van der Waals surface area contributed by atoms with Crippen LogP contribution in [0.5, 0.6) is 0 Å². The van der Waals surface area contributed by atoms with E-state index in [1.165, 1.54) is 12.1 Å². The van der Waals surface area contributed by atoms with Gasteiger partial charge in [0.15, 0.2) is 17.9 Å². The normalized spacial score (nSPS) is 19.0. The van der Waals surface area contributed by atoms with Crippen LogP contribution in [-0.2, 0) is 15.9 Å². The summed E-state index contributed by atoms with van der Waals surface area (Å²) in [6, 6.07) is 7.80. The third-order valence-corrected chi connectivity index (χ3v) is 6.00. The molecule has 1 heterocycles. The minimum absolute atomic E-state index is 0.0396. The Hall–Kier alpha value is -1.85. The number of ether oxygens (including phenoxy) is 2. The maximum Gasteiger partial charge on any atom is 0.167 e. The number of aryl methyl sites for hydroxylation is 1. The molecule has 0 aromatic heterocycles. The molecule has 170 valence electrons. The van der Waals surface area contributed by atoms with E-state index in [-0.39, 0.29) is 23.3 Å². The Kier molecular flexibility index (Phi) is 8.97. The van der Waals surface area contributed by atoms with Gasteiger partial charge < -0.3 is 9.47 Å². The highest BCUT2D eigenvalue weighted by molar-refractivity contribution is 5.66. The van der Waals surface area contributed by atoms with Gasteiger partial charge in [-0.2, -0.15) is 0 Å². The van der Waals surface area contributed by atoms with Gasteiger partial charge >= 0.3 is 0 Å². The summed E-state index contributed by atoms with van der Waals surface area (Å²) in [5.41, 5.74) is 1.19. The molecule has 0 amide bonds. The number of rotatable bonds is 10. The van der Waals surface area contributed by atoms with Gasteiger partial charge in [-0.3, -0.25) is 0 Å². The summed E-state index contributed by atoms with van der Waals surface area (Å²) in [5, 5.41) is 0. The van der Waals surface area contributed by atoms with Gasteiger partial charge in [0, 0.05) is 23.7 Å². The Bertz CT molecular complexity index is 845. The van der Waals surface area contributed by atoms with Crippen molar-refractivity contribution in [2.45, 2.75) is 77.4 Å². The van der Waals surface area contributed by atoms with Gasteiger partial charge in [0.1, 0.15) is 5.82 Å². The fraction of sp³-hybridized carbons (Fsp3) is 0.538. The van der Waals surface area contributed by atoms with E-state index in [0.29, 0.717) is 25.2 Å². The maximum atomic E-state index is 14.9. The Labute approximate surface area is 183 Å². The molecule has 1 saturated heterocycles. The highest BCUT2D eigenvalue weighted by Gasteiger charge is 2.25. The number of benzene rings is 2. The zero-order chi connectivity index (χ0) is 22.2. The summed E-state index contributed by atoms with van der Waals surface area (Å²) >= 11 is 0. The quantitative estimate of drug-likeness (QED) is 0.360. The van der Waals surface area contributed by atoms with Gasteiger partial charge in [-0.25, -0.2) is 13.2 Å². The second kappa shape index (κ2) is 11.7. The molecule has 1 fully saturated rings. The van der Waals surface area contributed by atoms with Crippen molar-refractivity contribution in [2.24, 2.45) is 0 Å². The maximum absolute atomic E-state index is 14.9. The predicted octanol–water partition coefficient (Wildman–Crippen LogP) is 7.54. The van der Waals surface area contributed by atoms with E-state index < -0.39 is 17.5 Å². The Morgan fingerprint density at radius 3 is 2.35 bits per heavy atom. The summed E-state index contributed by atoms with van der Waals surface area (Å²) in [6.45, 7) is 5.32. The predicted molar refractivity (Wildman–Crippen MR) is 118 cm³/mol. The Morgan fingerprint density at radius 1 is 0.903 bits per heavy atom. The molecule has 0 radical (unpaired) electrons. The highest BCUT2D eigenvalue weighted by atomic mass is 19.2. The first kappa shape index (κ1) is 23.8. The lowest BCUT2D eigenvalue weighted by molar-refractivity contribution is -0.167. The van der Waals surface area contributed by atoms with Crippen LogP contribution in [0.4, 0.5) is 13.2 Å². The standard InChI is InChI=1S/C26H33F3O2/c1-3-5-7-15-30-24-14-11-20(17-31-24)19-10-12-21(23(27)16-19)22-13-9-18(8-6-4-2)25(28)26(22)29/h9-10,12-13,16,20,24H,3-8,11,14-15,17H2,1-2H3. The summed E-state index contributed by atoms with van der Waals surface area (Å²) < 4.78 is 55.5. The first-order valence-electron chi connectivity index (χ1n) is 11.5. The van der Waals surface area contributed by atoms with Crippen LogP contribution < -0.4 is 0 Å². The SMILES string of the molecule is CCCCCOC1CCC(c2ccc(-c3ccc(CCCC)c(F)c3F)c(F)c2)CO1. The Morgan fingerprint density at radius 2 is 1.68 bits per heavy atom. The molecule has 2 atom stereocenters. The average Bonchev–Trinajstić information content (AvgIpc) is 2.78. The lowest BCUT2D eigenvalue weighted by Crippen LogP contribution is -2.27. The summed E-state index contributed by atoms with van der Waals surface area (Å²) in [4.78, 5) is 0. The third kappa shape index (κ3) is 6.11. The topological polar surface area (TPSA) is 18.5 Å². The minimum atomic E-state index is -0.982. The van der Waals surface area contributed by atoms with Crippen LogP contribution in [0.25, 0.3) is 11.1 Å². The van der Waals surface area contributed by atoms with E-state index in [4.69, 9.17) is 9.47 Å². The van der Waals surface area contributed by atoms with Gasteiger partial charge in [0.05, 0.1) is 6.61 Å². The smallest absolute Gasteiger partial charge is 0.167 e. The molecule has 0 spiro atoms. The molecule has 0 bridgehead atoms. The largest absolute Gasteiger partial charge is 0.353 e. The van der Waals surface area contributed by atoms with Crippen LogP contribution >= 0.6 is 0 Å². The molecular weight excluding hydrogens is 401 g/mol. The zero-order valence-electron chi connectivity index (χ0n) is 18.6. The van der Waals surface area contributed by atoms with Crippen molar-refractivity contribution in [1.29, 1.82) is 0 Å². The van der Waals surface area contributed by atoms with Crippen molar-refractivity contribution in [3.05, 3.63) is 58.9 Å². The van der Waals surface area contributed by atoms with E-state index in [1.807, 2.05) is 6.92 Å². The molecule has 3 rings (SSSR count). The monoisotopic (exact) mass is 434 g/mol. The molecule has 1 aliphatic rings. The van der Waals surface area contributed by atoms with E-state index >= 15 is 0 Å². The number of unbranched alkanes of at least 4 members (excludes halogenated alkanes) is 3. The minimum Gasteiger partial charge on any atom is -0.353 e. The van der Waals surface area contributed by atoms with Gasteiger partial charge in [-0.15, -0.1) is 0 Å².